The van der Waals surface area contributed by atoms with E-state index in [1.807, 2.05) is 6.92 Å². The fourth-order valence-electron chi connectivity index (χ4n) is 2.90. The molecule has 1 aromatic carbocycles. The van der Waals surface area contributed by atoms with Crippen LogP contribution in [0.1, 0.15) is 36.8 Å². The molecule has 1 atom stereocenters. The Labute approximate surface area is 120 Å². The Balaban J connectivity index is 2.33. The maximum Gasteiger partial charge on any atom is 0.147 e. The van der Waals surface area contributed by atoms with Gasteiger partial charge in [-0.3, -0.25) is 0 Å². The fourth-order valence-corrected chi connectivity index (χ4v) is 3.45. The largest absolute Gasteiger partial charge is 0.371 e. The second kappa shape index (κ2) is 4.60. The third kappa shape index (κ3) is 1.93. The van der Waals surface area contributed by atoms with Gasteiger partial charge in [0.2, 0.25) is 0 Å². The first kappa shape index (κ1) is 13.1. The first-order chi connectivity index (χ1) is 9.00. The quantitative estimate of drug-likeness (QED) is 0.811. The number of rotatable bonds is 1. The number of halogens is 2. The average molecular weight is 326 g/mol. The molecule has 1 aliphatic heterocycles. The van der Waals surface area contributed by atoms with Crippen LogP contribution in [-0.2, 0) is 11.2 Å². The number of benzene rings is 1. The van der Waals surface area contributed by atoms with Gasteiger partial charge in [0, 0.05) is 15.6 Å². The summed E-state index contributed by atoms with van der Waals surface area (Å²) in [6.07, 6.45) is 0.864. The monoisotopic (exact) mass is 325 g/mol. The molecule has 4 heteroatoms. The van der Waals surface area contributed by atoms with Gasteiger partial charge in [-0.05, 0) is 52.4 Å². The zero-order valence-corrected chi connectivity index (χ0v) is 12.9. The molecule has 0 saturated carbocycles. The lowest BCUT2D eigenvalue weighted by atomic mass is 9.95. The van der Waals surface area contributed by atoms with Crippen LogP contribution in [0.4, 0.5) is 4.39 Å². The van der Waals surface area contributed by atoms with Crippen LogP contribution < -0.4 is 0 Å². The average Bonchev–Trinajstić information content (AvgIpc) is 2.75. The van der Waals surface area contributed by atoms with Crippen molar-refractivity contribution in [3.63, 3.8) is 0 Å². The molecule has 1 N–H and O–H groups in total. The molecule has 1 aromatic heterocycles. The summed E-state index contributed by atoms with van der Waals surface area (Å²) in [5.41, 5.74) is 3.77. The number of H-pyrrole nitrogens is 1. The zero-order chi connectivity index (χ0) is 13.7. The summed E-state index contributed by atoms with van der Waals surface area (Å²) in [6.45, 7) is 6.87. The minimum Gasteiger partial charge on any atom is -0.371 e. The van der Waals surface area contributed by atoms with E-state index in [1.54, 1.807) is 6.07 Å². The van der Waals surface area contributed by atoms with Crippen molar-refractivity contribution in [2.75, 3.05) is 6.61 Å². The van der Waals surface area contributed by atoms with E-state index < -0.39 is 0 Å². The molecule has 1 aliphatic rings. The lowest BCUT2D eigenvalue weighted by Gasteiger charge is -2.26. The highest BCUT2D eigenvalue weighted by atomic mass is 79.9. The van der Waals surface area contributed by atoms with Gasteiger partial charge in [-0.2, -0.15) is 0 Å². The molecule has 102 valence electrons. The van der Waals surface area contributed by atoms with Gasteiger partial charge in [0.05, 0.1) is 18.2 Å². The Morgan fingerprint density at radius 1 is 1.47 bits per heavy atom. The van der Waals surface area contributed by atoms with Crippen LogP contribution >= 0.6 is 15.9 Å². The van der Waals surface area contributed by atoms with Gasteiger partial charge in [-0.15, -0.1) is 0 Å². The minimum absolute atomic E-state index is 0.0303. The minimum atomic E-state index is -0.187. The number of fused-ring (bicyclic) bond motifs is 3. The highest BCUT2D eigenvalue weighted by Gasteiger charge is 2.29. The summed E-state index contributed by atoms with van der Waals surface area (Å²) >= 11 is 3.60. The predicted molar refractivity (Wildman–Crippen MR) is 77.9 cm³/mol. The SMILES string of the molecule is Cc1cc(F)c2[nH]c3c(c2c1Br)CCOC3C(C)C. The molecule has 0 bridgehead atoms. The summed E-state index contributed by atoms with van der Waals surface area (Å²) in [6, 6.07) is 1.57. The first-order valence-corrected chi connectivity index (χ1v) is 7.40. The Kier molecular flexibility index (Phi) is 3.18. The number of hydrogen-bond acceptors (Lipinski definition) is 1. The van der Waals surface area contributed by atoms with Gasteiger partial charge in [0.15, 0.2) is 0 Å². The molecule has 2 aromatic rings. The van der Waals surface area contributed by atoms with Gasteiger partial charge < -0.3 is 9.72 Å². The Morgan fingerprint density at radius 2 is 2.21 bits per heavy atom. The van der Waals surface area contributed by atoms with Crippen LogP contribution in [0, 0.1) is 18.7 Å². The molecular weight excluding hydrogens is 309 g/mol. The summed E-state index contributed by atoms with van der Waals surface area (Å²) in [5, 5.41) is 0.987. The van der Waals surface area contributed by atoms with Crippen LogP contribution in [0.5, 0.6) is 0 Å². The van der Waals surface area contributed by atoms with Crippen molar-refractivity contribution in [3.8, 4) is 0 Å². The normalized spacial score (nSPS) is 19.2. The number of hydrogen-bond donors (Lipinski definition) is 1. The van der Waals surface area contributed by atoms with Crippen molar-refractivity contribution < 1.29 is 9.13 Å². The van der Waals surface area contributed by atoms with Crippen LogP contribution in [0.2, 0.25) is 0 Å². The highest BCUT2D eigenvalue weighted by molar-refractivity contribution is 9.10. The van der Waals surface area contributed by atoms with E-state index in [2.05, 4.69) is 34.8 Å². The van der Waals surface area contributed by atoms with Gasteiger partial charge in [-0.25, -0.2) is 4.39 Å². The van der Waals surface area contributed by atoms with Gasteiger partial charge in [-0.1, -0.05) is 13.8 Å². The zero-order valence-electron chi connectivity index (χ0n) is 11.3. The number of aromatic nitrogens is 1. The van der Waals surface area contributed by atoms with E-state index in [1.165, 1.54) is 5.56 Å². The van der Waals surface area contributed by atoms with E-state index in [4.69, 9.17) is 4.74 Å². The van der Waals surface area contributed by atoms with Crippen molar-refractivity contribution in [1.29, 1.82) is 0 Å². The molecule has 0 amide bonds. The Hall–Kier alpha value is -0.870. The summed E-state index contributed by atoms with van der Waals surface area (Å²) in [7, 11) is 0. The van der Waals surface area contributed by atoms with Crippen molar-refractivity contribution in [2.24, 2.45) is 5.92 Å². The predicted octanol–water partition coefficient (Wildman–Crippen LogP) is 4.65. The van der Waals surface area contributed by atoms with Gasteiger partial charge in [0.25, 0.3) is 0 Å². The number of nitrogens with one attached hydrogen (secondary N) is 1. The Morgan fingerprint density at radius 3 is 2.89 bits per heavy atom. The Bertz CT molecular complexity index is 647. The second-order valence-corrected chi connectivity index (χ2v) is 6.33. The first-order valence-electron chi connectivity index (χ1n) is 6.61. The smallest absolute Gasteiger partial charge is 0.147 e. The van der Waals surface area contributed by atoms with Gasteiger partial charge in [0.1, 0.15) is 5.82 Å². The molecule has 0 fully saturated rings. The maximum atomic E-state index is 14.1. The molecule has 3 rings (SSSR count). The lowest BCUT2D eigenvalue weighted by Crippen LogP contribution is -2.20. The molecule has 0 radical (unpaired) electrons. The topological polar surface area (TPSA) is 25.0 Å². The van der Waals surface area contributed by atoms with Crippen molar-refractivity contribution in [1.82, 2.24) is 4.98 Å². The lowest BCUT2D eigenvalue weighted by molar-refractivity contribution is 0.00915. The molecule has 0 spiro atoms. The molecule has 1 unspecified atom stereocenters. The van der Waals surface area contributed by atoms with E-state index in [-0.39, 0.29) is 11.9 Å². The van der Waals surface area contributed by atoms with E-state index in [9.17, 15) is 4.39 Å². The number of ether oxygens (including phenoxy) is 1. The summed E-state index contributed by atoms with van der Waals surface area (Å²) < 4.78 is 21.0. The standard InChI is InChI=1S/C15H17BrFNO/c1-7(2)15-13-9(4-5-19-15)11-12(16)8(3)6-10(17)14(11)18-13/h6-7,15,18H,4-5H2,1-3H3. The van der Waals surface area contributed by atoms with Crippen molar-refractivity contribution in [3.05, 3.63) is 33.2 Å². The van der Waals surface area contributed by atoms with Crippen LogP contribution in [0.15, 0.2) is 10.5 Å². The molecule has 2 nitrogen and oxygen atoms in total. The third-order valence-corrected chi connectivity index (χ3v) is 4.85. The highest BCUT2D eigenvalue weighted by Crippen LogP contribution is 2.40. The maximum absolute atomic E-state index is 14.1. The molecule has 19 heavy (non-hydrogen) atoms. The second-order valence-electron chi connectivity index (χ2n) is 5.54. The molecule has 0 saturated heterocycles. The number of aryl methyl sites for hydroxylation is 1. The van der Waals surface area contributed by atoms with Gasteiger partial charge >= 0.3 is 0 Å². The molecule has 0 aliphatic carbocycles. The van der Waals surface area contributed by atoms with Crippen molar-refractivity contribution >= 4 is 26.8 Å². The molecule has 2 heterocycles. The van der Waals surface area contributed by atoms with Crippen LogP contribution in [-0.4, -0.2) is 11.6 Å². The third-order valence-electron chi connectivity index (χ3n) is 3.82. The summed E-state index contributed by atoms with van der Waals surface area (Å²) in [5.74, 6) is 0.183. The summed E-state index contributed by atoms with van der Waals surface area (Å²) in [4.78, 5) is 3.25. The van der Waals surface area contributed by atoms with Crippen LogP contribution in [0.3, 0.4) is 0 Å². The number of aromatic amines is 1. The van der Waals surface area contributed by atoms with E-state index in [0.29, 0.717) is 18.0 Å². The van der Waals surface area contributed by atoms with E-state index in [0.717, 1.165) is 27.5 Å². The van der Waals surface area contributed by atoms with Crippen LogP contribution in [0.25, 0.3) is 10.9 Å². The van der Waals surface area contributed by atoms with Crippen molar-refractivity contribution in [2.45, 2.75) is 33.3 Å². The van der Waals surface area contributed by atoms with E-state index >= 15 is 0 Å². The molecular formula is C15H17BrFNO. The fraction of sp³-hybridized carbons (Fsp3) is 0.467.